The Morgan fingerprint density at radius 1 is 0.971 bits per heavy atom. The molecule has 34 heavy (non-hydrogen) atoms. The number of nitrogens with zero attached hydrogens (tertiary/aromatic N) is 4. The van der Waals surface area contributed by atoms with Crippen molar-refractivity contribution >= 4 is 56.4 Å². The van der Waals surface area contributed by atoms with Crippen molar-refractivity contribution < 1.29 is 22.7 Å². The van der Waals surface area contributed by atoms with Gasteiger partial charge in [-0.15, -0.1) is 0 Å². The maximum absolute atomic E-state index is 13.2. The molecule has 9 nitrogen and oxygen atoms in total. The number of methoxy groups -OCH3 is 1. The van der Waals surface area contributed by atoms with Gasteiger partial charge in [-0.05, 0) is 42.5 Å². The van der Waals surface area contributed by atoms with Gasteiger partial charge in [0.15, 0.2) is 0 Å². The lowest BCUT2D eigenvalue weighted by Crippen LogP contribution is -2.52. The average Bonchev–Trinajstić information content (AvgIpc) is 2.84. The maximum atomic E-state index is 13.2. The van der Waals surface area contributed by atoms with E-state index in [1.165, 1.54) is 28.6 Å². The van der Waals surface area contributed by atoms with E-state index in [1.54, 1.807) is 35.2 Å². The standard InChI is InChI=1S/C22H22Cl2N4O5S/c1-33-19-8-4-16(24)14-20(19)34(31,32)27-12-10-26(11-13-27)22(30)18-7-9-21(29)28(25-18)17-5-2-15(23)3-6-17/h2-6,8,14H,7,9-13H2,1H3. The summed E-state index contributed by atoms with van der Waals surface area (Å²) in [6.45, 7) is 0.595. The van der Waals surface area contributed by atoms with Crippen molar-refractivity contribution in [3.63, 3.8) is 0 Å². The normalized spacial score (nSPS) is 17.5. The minimum Gasteiger partial charge on any atom is -0.495 e. The lowest BCUT2D eigenvalue weighted by atomic mass is 10.1. The molecule has 2 aromatic rings. The molecule has 0 unspecified atom stereocenters. The first-order valence-electron chi connectivity index (χ1n) is 10.5. The van der Waals surface area contributed by atoms with Crippen LogP contribution in [0.25, 0.3) is 0 Å². The quantitative estimate of drug-likeness (QED) is 0.598. The largest absolute Gasteiger partial charge is 0.495 e. The Morgan fingerprint density at radius 3 is 2.26 bits per heavy atom. The minimum atomic E-state index is -3.86. The Balaban J connectivity index is 1.47. The number of benzene rings is 2. The number of rotatable bonds is 5. The van der Waals surface area contributed by atoms with Gasteiger partial charge in [-0.25, -0.2) is 13.4 Å². The lowest BCUT2D eigenvalue weighted by molar-refractivity contribution is -0.125. The highest BCUT2D eigenvalue weighted by atomic mass is 35.5. The van der Waals surface area contributed by atoms with Gasteiger partial charge in [-0.3, -0.25) is 9.59 Å². The van der Waals surface area contributed by atoms with Crippen molar-refractivity contribution in [2.45, 2.75) is 17.7 Å². The van der Waals surface area contributed by atoms with Gasteiger partial charge in [0, 0.05) is 49.1 Å². The first-order valence-corrected chi connectivity index (χ1v) is 12.7. The van der Waals surface area contributed by atoms with Crippen LogP contribution in [0.3, 0.4) is 0 Å². The lowest BCUT2D eigenvalue weighted by Gasteiger charge is -2.35. The zero-order valence-electron chi connectivity index (χ0n) is 18.3. The summed E-state index contributed by atoms with van der Waals surface area (Å²) in [5.74, 6) is -0.333. The summed E-state index contributed by atoms with van der Waals surface area (Å²) in [6, 6.07) is 11.0. The minimum absolute atomic E-state index is 0.0175. The van der Waals surface area contributed by atoms with E-state index in [2.05, 4.69) is 5.10 Å². The number of piperazine rings is 1. The van der Waals surface area contributed by atoms with Crippen LogP contribution in [0, 0.1) is 0 Å². The third kappa shape index (κ3) is 4.90. The van der Waals surface area contributed by atoms with Crippen LogP contribution in [0.1, 0.15) is 12.8 Å². The zero-order valence-corrected chi connectivity index (χ0v) is 20.6. The third-order valence-electron chi connectivity index (χ3n) is 5.62. The monoisotopic (exact) mass is 524 g/mol. The number of amides is 2. The van der Waals surface area contributed by atoms with Crippen LogP contribution < -0.4 is 9.75 Å². The summed E-state index contributed by atoms with van der Waals surface area (Å²) in [7, 11) is -2.47. The summed E-state index contributed by atoms with van der Waals surface area (Å²) >= 11 is 11.9. The smallest absolute Gasteiger partial charge is 0.270 e. The first-order chi connectivity index (χ1) is 16.2. The molecule has 0 bridgehead atoms. The number of anilines is 1. The zero-order chi connectivity index (χ0) is 24.5. The third-order valence-corrected chi connectivity index (χ3v) is 8.03. The van der Waals surface area contributed by atoms with Crippen LogP contribution in [0.2, 0.25) is 10.0 Å². The van der Waals surface area contributed by atoms with Crippen LogP contribution in [-0.2, 0) is 19.6 Å². The Labute approximate surface area is 207 Å². The van der Waals surface area contributed by atoms with E-state index in [1.807, 2.05) is 0 Å². The number of sulfonamides is 1. The fraction of sp³-hybridized carbons (Fsp3) is 0.318. The molecule has 0 spiro atoms. The van der Waals surface area contributed by atoms with Crippen molar-refractivity contribution in [2.24, 2.45) is 5.10 Å². The molecule has 0 aliphatic carbocycles. The Hall–Kier alpha value is -2.66. The highest BCUT2D eigenvalue weighted by Crippen LogP contribution is 2.30. The number of halogens is 2. The number of hydrogen-bond donors (Lipinski definition) is 0. The summed E-state index contributed by atoms with van der Waals surface area (Å²) in [5.41, 5.74) is 0.771. The molecule has 1 fully saturated rings. The number of hydrazone groups is 1. The van der Waals surface area contributed by atoms with Crippen LogP contribution >= 0.6 is 23.2 Å². The second kappa shape index (κ2) is 9.91. The van der Waals surface area contributed by atoms with Crippen molar-refractivity contribution in [1.29, 1.82) is 0 Å². The van der Waals surface area contributed by atoms with Crippen molar-refractivity contribution in [1.82, 2.24) is 9.21 Å². The van der Waals surface area contributed by atoms with Gasteiger partial charge in [0.2, 0.25) is 15.9 Å². The van der Waals surface area contributed by atoms with Crippen LogP contribution in [0.5, 0.6) is 5.75 Å². The molecule has 2 aromatic carbocycles. The highest BCUT2D eigenvalue weighted by molar-refractivity contribution is 7.89. The van der Waals surface area contributed by atoms with Crippen LogP contribution in [-0.4, -0.2) is 68.4 Å². The SMILES string of the molecule is COc1ccc(Cl)cc1S(=O)(=O)N1CCN(C(=O)C2=NN(c3ccc(Cl)cc3)C(=O)CC2)CC1. The van der Waals surface area contributed by atoms with E-state index in [0.717, 1.165) is 0 Å². The van der Waals surface area contributed by atoms with Crippen molar-refractivity contribution in [3.8, 4) is 5.75 Å². The van der Waals surface area contributed by atoms with E-state index in [-0.39, 0.29) is 72.2 Å². The van der Waals surface area contributed by atoms with Crippen LogP contribution in [0.4, 0.5) is 5.69 Å². The van der Waals surface area contributed by atoms with Gasteiger partial charge in [0.25, 0.3) is 5.91 Å². The number of carbonyl (C=O) groups excluding carboxylic acids is 2. The Bertz CT molecular complexity index is 1240. The van der Waals surface area contributed by atoms with E-state index in [9.17, 15) is 18.0 Å². The summed E-state index contributed by atoms with van der Waals surface area (Å²) in [5, 5.41) is 6.30. The summed E-state index contributed by atoms with van der Waals surface area (Å²) in [6.07, 6.45) is 0.371. The van der Waals surface area contributed by atoms with E-state index in [4.69, 9.17) is 27.9 Å². The second-order valence-electron chi connectivity index (χ2n) is 7.72. The topological polar surface area (TPSA) is 99.6 Å². The van der Waals surface area contributed by atoms with Crippen molar-refractivity contribution in [2.75, 3.05) is 38.3 Å². The number of ether oxygens (including phenoxy) is 1. The Kier molecular flexibility index (Phi) is 7.13. The maximum Gasteiger partial charge on any atom is 0.270 e. The molecule has 2 amide bonds. The fourth-order valence-electron chi connectivity index (χ4n) is 3.80. The van der Waals surface area contributed by atoms with Gasteiger partial charge < -0.3 is 9.64 Å². The fourth-order valence-corrected chi connectivity index (χ4v) is 5.76. The molecule has 12 heteroatoms. The highest BCUT2D eigenvalue weighted by Gasteiger charge is 2.34. The van der Waals surface area contributed by atoms with E-state index >= 15 is 0 Å². The first kappa shape index (κ1) is 24.5. The van der Waals surface area contributed by atoms with Gasteiger partial charge >= 0.3 is 0 Å². The molecule has 0 N–H and O–H groups in total. The van der Waals surface area contributed by atoms with E-state index < -0.39 is 10.0 Å². The molecule has 0 atom stereocenters. The molecule has 2 aliphatic heterocycles. The number of hydrogen-bond acceptors (Lipinski definition) is 6. The Morgan fingerprint density at radius 2 is 1.62 bits per heavy atom. The predicted octanol–water partition coefficient (Wildman–Crippen LogP) is 3.02. The van der Waals surface area contributed by atoms with Gasteiger partial charge in [-0.1, -0.05) is 23.2 Å². The summed E-state index contributed by atoms with van der Waals surface area (Å²) in [4.78, 5) is 27.0. The molecule has 4 rings (SSSR count). The molecule has 2 heterocycles. The molecule has 0 radical (unpaired) electrons. The second-order valence-corrected chi connectivity index (χ2v) is 10.5. The number of carbonyl (C=O) groups is 2. The molecule has 180 valence electrons. The van der Waals surface area contributed by atoms with Gasteiger partial charge in [-0.2, -0.15) is 9.41 Å². The van der Waals surface area contributed by atoms with Crippen LogP contribution in [0.15, 0.2) is 52.5 Å². The summed E-state index contributed by atoms with van der Waals surface area (Å²) < 4.78 is 32.8. The predicted molar refractivity (Wildman–Crippen MR) is 129 cm³/mol. The molecular weight excluding hydrogens is 503 g/mol. The van der Waals surface area contributed by atoms with E-state index in [0.29, 0.717) is 10.7 Å². The van der Waals surface area contributed by atoms with Gasteiger partial charge in [0.1, 0.15) is 16.4 Å². The molecule has 2 aliphatic rings. The van der Waals surface area contributed by atoms with Gasteiger partial charge in [0.05, 0.1) is 12.8 Å². The average molecular weight is 525 g/mol. The molecule has 0 saturated carbocycles. The van der Waals surface area contributed by atoms with Crippen molar-refractivity contribution in [3.05, 3.63) is 52.5 Å². The molecule has 0 aromatic heterocycles. The molecule has 1 saturated heterocycles. The molecular formula is C22H22Cl2N4O5S.